The summed E-state index contributed by atoms with van der Waals surface area (Å²) < 4.78 is 11.0. The van der Waals surface area contributed by atoms with Gasteiger partial charge in [-0.2, -0.15) is 4.98 Å². The molecule has 1 aliphatic heterocycles. The number of methoxy groups -OCH3 is 1. The normalized spacial score (nSPS) is 12.8. The molecule has 32 heavy (non-hydrogen) atoms. The van der Waals surface area contributed by atoms with Gasteiger partial charge in [-0.05, 0) is 36.2 Å². The molecule has 2 N–H and O–H groups in total. The summed E-state index contributed by atoms with van der Waals surface area (Å²) in [5, 5.41) is 5.78. The lowest BCUT2D eigenvalue weighted by Crippen LogP contribution is -2.32. The number of carbonyl (C=O) groups is 1. The van der Waals surface area contributed by atoms with Crippen molar-refractivity contribution in [3.05, 3.63) is 65.5 Å². The molecule has 0 unspecified atom stereocenters. The first-order valence-electron chi connectivity index (χ1n) is 10.4. The fourth-order valence-corrected chi connectivity index (χ4v) is 3.63. The molecule has 2 heterocycles. The van der Waals surface area contributed by atoms with Crippen molar-refractivity contribution >= 4 is 23.5 Å². The largest absolute Gasteiger partial charge is 0.491 e. The van der Waals surface area contributed by atoms with Crippen molar-refractivity contribution in [1.82, 2.24) is 20.3 Å². The summed E-state index contributed by atoms with van der Waals surface area (Å²) in [7, 11) is 3.27. The van der Waals surface area contributed by atoms with E-state index < -0.39 is 0 Å². The number of nitrogens with one attached hydrogen (secondary N) is 2. The molecule has 9 heteroatoms. The molecular weight excluding hydrogens is 408 g/mol. The van der Waals surface area contributed by atoms with E-state index in [1.165, 1.54) is 17.5 Å². The number of nitrogens with zero attached hydrogens (tertiary/aromatic N) is 4. The van der Waals surface area contributed by atoms with Gasteiger partial charge in [0, 0.05) is 44.1 Å². The number of aromatic nitrogens is 3. The monoisotopic (exact) mass is 434 g/mol. The quantitative estimate of drug-likeness (QED) is 0.522. The standard InChI is InChI=1S/C23H26N6O3/c1-24-21(30)16-5-3-7-18(13-16)27-22-25-15-26-23(28-22)29-10-9-19-17(14-29)6-4-8-20(19)32-12-11-31-2/h3-8,13,15H,9-12,14H2,1-2H3,(H,24,30)(H,25,26,27,28). The van der Waals surface area contributed by atoms with Gasteiger partial charge in [-0.15, -0.1) is 0 Å². The van der Waals surface area contributed by atoms with Crippen LogP contribution in [0.4, 0.5) is 17.6 Å². The molecule has 0 spiro atoms. The van der Waals surface area contributed by atoms with E-state index in [4.69, 9.17) is 9.47 Å². The van der Waals surface area contributed by atoms with Crippen LogP contribution >= 0.6 is 0 Å². The van der Waals surface area contributed by atoms with E-state index in [0.717, 1.165) is 24.4 Å². The van der Waals surface area contributed by atoms with E-state index in [1.54, 1.807) is 26.3 Å². The zero-order valence-electron chi connectivity index (χ0n) is 18.2. The van der Waals surface area contributed by atoms with Crippen LogP contribution in [-0.4, -0.2) is 54.8 Å². The lowest BCUT2D eigenvalue weighted by Gasteiger charge is -2.30. The molecule has 0 saturated heterocycles. The van der Waals surface area contributed by atoms with Crippen LogP contribution in [0.3, 0.4) is 0 Å². The third kappa shape index (κ3) is 4.94. The van der Waals surface area contributed by atoms with Crippen molar-refractivity contribution in [2.45, 2.75) is 13.0 Å². The first-order valence-corrected chi connectivity index (χ1v) is 10.4. The lowest BCUT2D eigenvalue weighted by atomic mass is 9.99. The molecule has 0 atom stereocenters. The molecule has 0 bridgehead atoms. The van der Waals surface area contributed by atoms with Gasteiger partial charge in [0.15, 0.2) is 0 Å². The molecule has 1 aromatic heterocycles. The third-order valence-electron chi connectivity index (χ3n) is 5.22. The SMILES string of the molecule is CNC(=O)c1cccc(Nc2ncnc(N3CCc4c(cccc4OCCOC)C3)n2)c1. The summed E-state index contributed by atoms with van der Waals surface area (Å²) in [6, 6.07) is 13.3. The predicted octanol–water partition coefficient (Wildman–Crippen LogP) is 2.56. The van der Waals surface area contributed by atoms with E-state index >= 15 is 0 Å². The molecule has 166 valence electrons. The second-order valence-corrected chi connectivity index (χ2v) is 7.30. The topological polar surface area (TPSA) is 102 Å². The molecule has 0 saturated carbocycles. The van der Waals surface area contributed by atoms with Crippen molar-refractivity contribution in [3.8, 4) is 5.75 Å². The average molecular weight is 435 g/mol. The Morgan fingerprint density at radius 1 is 1.16 bits per heavy atom. The van der Waals surface area contributed by atoms with Crippen LogP contribution in [0.15, 0.2) is 48.8 Å². The Labute approximate surface area is 186 Å². The van der Waals surface area contributed by atoms with Crippen molar-refractivity contribution in [3.63, 3.8) is 0 Å². The summed E-state index contributed by atoms with van der Waals surface area (Å²) in [6.07, 6.45) is 2.33. The van der Waals surface area contributed by atoms with Gasteiger partial charge in [0.25, 0.3) is 5.91 Å². The van der Waals surface area contributed by atoms with Crippen molar-refractivity contribution in [2.24, 2.45) is 0 Å². The van der Waals surface area contributed by atoms with Crippen LogP contribution in [0, 0.1) is 0 Å². The Morgan fingerprint density at radius 2 is 2.03 bits per heavy atom. The van der Waals surface area contributed by atoms with E-state index in [1.807, 2.05) is 24.3 Å². The van der Waals surface area contributed by atoms with Gasteiger partial charge in [-0.3, -0.25) is 4.79 Å². The Bertz CT molecular complexity index is 1090. The highest BCUT2D eigenvalue weighted by Crippen LogP contribution is 2.29. The molecule has 0 fully saturated rings. The van der Waals surface area contributed by atoms with E-state index in [-0.39, 0.29) is 5.91 Å². The summed E-state index contributed by atoms with van der Waals surface area (Å²) in [5.41, 5.74) is 3.70. The Hall–Kier alpha value is -3.72. The van der Waals surface area contributed by atoms with Crippen LogP contribution in [0.5, 0.6) is 5.75 Å². The Kier molecular flexibility index (Phi) is 6.76. The van der Waals surface area contributed by atoms with E-state index in [9.17, 15) is 4.79 Å². The summed E-state index contributed by atoms with van der Waals surface area (Å²) >= 11 is 0. The maximum atomic E-state index is 11.9. The minimum absolute atomic E-state index is 0.150. The smallest absolute Gasteiger partial charge is 0.251 e. The zero-order chi connectivity index (χ0) is 22.3. The number of benzene rings is 2. The Balaban J connectivity index is 1.48. The van der Waals surface area contributed by atoms with Gasteiger partial charge in [0.2, 0.25) is 11.9 Å². The maximum absolute atomic E-state index is 11.9. The molecule has 0 aliphatic carbocycles. The van der Waals surface area contributed by atoms with Gasteiger partial charge in [-0.1, -0.05) is 18.2 Å². The number of ether oxygens (including phenoxy) is 2. The highest BCUT2D eigenvalue weighted by molar-refractivity contribution is 5.95. The number of amides is 1. The molecule has 0 radical (unpaired) electrons. The van der Waals surface area contributed by atoms with Crippen LogP contribution in [0.25, 0.3) is 0 Å². The number of anilines is 3. The predicted molar refractivity (Wildman–Crippen MR) is 122 cm³/mol. The Morgan fingerprint density at radius 3 is 2.88 bits per heavy atom. The fourth-order valence-electron chi connectivity index (χ4n) is 3.63. The average Bonchev–Trinajstić information content (AvgIpc) is 2.84. The summed E-state index contributed by atoms with van der Waals surface area (Å²) in [5.74, 6) is 1.78. The molecule has 1 aliphatic rings. The van der Waals surface area contributed by atoms with Crippen LogP contribution < -0.4 is 20.3 Å². The zero-order valence-corrected chi connectivity index (χ0v) is 18.2. The van der Waals surface area contributed by atoms with E-state index in [0.29, 0.717) is 37.2 Å². The molecule has 2 aromatic carbocycles. The second-order valence-electron chi connectivity index (χ2n) is 7.30. The molecule has 1 amide bonds. The highest BCUT2D eigenvalue weighted by Gasteiger charge is 2.21. The first kappa shape index (κ1) is 21.5. The lowest BCUT2D eigenvalue weighted by molar-refractivity contribution is 0.0963. The number of fused-ring (bicyclic) bond motifs is 1. The van der Waals surface area contributed by atoms with Crippen LogP contribution in [-0.2, 0) is 17.7 Å². The highest BCUT2D eigenvalue weighted by atomic mass is 16.5. The minimum Gasteiger partial charge on any atom is -0.491 e. The van der Waals surface area contributed by atoms with Crippen molar-refractivity contribution < 1.29 is 14.3 Å². The van der Waals surface area contributed by atoms with Gasteiger partial charge in [-0.25, -0.2) is 9.97 Å². The van der Waals surface area contributed by atoms with Crippen molar-refractivity contribution in [2.75, 3.05) is 44.1 Å². The fraction of sp³-hybridized carbons (Fsp3) is 0.304. The minimum atomic E-state index is -0.150. The van der Waals surface area contributed by atoms with Gasteiger partial charge < -0.3 is 25.0 Å². The number of rotatable bonds is 8. The summed E-state index contributed by atoms with van der Waals surface area (Å²) in [4.78, 5) is 27.2. The second kappa shape index (κ2) is 10.1. The van der Waals surface area contributed by atoms with Crippen LogP contribution in [0.2, 0.25) is 0 Å². The van der Waals surface area contributed by atoms with Crippen LogP contribution in [0.1, 0.15) is 21.5 Å². The number of hydrogen-bond donors (Lipinski definition) is 2. The summed E-state index contributed by atoms with van der Waals surface area (Å²) in [6.45, 7) is 2.54. The number of carbonyl (C=O) groups excluding carboxylic acids is 1. The van der Waals surface area contributed by atoms with Crippen molar-refractivity contribution in [1.29, 1.82) is 0 Å². The third-order valence-corrected chi connectivity index (χ3v) is 5.22. The number of hydrogen-bond acceptors (Lipinski definition) is 8. The molecule has 3 aromatic rings. The maximum Gasteiger partial charge on any atom is 0.251 e. The van der Waals surface area contributed by atoms with E-state index in [2.05, 4.69) is 36.6 Å². The first-order chi connectivity index (χ1) is 15.7. The molecule has 4 rings (SSSR count). The van der Waals surface area contributed by atoms with Gasteiger partial charge >= 0.3 is 0 Å². The molecule has 9 nitrogen and oxygen atoms in total. The van der Waals surface area contributed by atoms with Gasteiger partial charge in [0.05, 0.1) is 6.61 Å². The molecular formula is C23H26N6O3. The van der Waals surface area contributed by atoms with Gasteiger partial charge in [0.1, 0.15) is 18.7 Å².